The third-order valence-corrected chi connectivity index (χ3v) is 5.10. The van der Waals surface area contributed by atoms with Crippen LogP contribution in [0.25, 0.3) is 0 Å². The zero-order valence-electron chi connectivity index (χ0n) is 13.4. The van der Waals surface area contributed by atoms with Crippen molar-refractivity contribution in [2.75, 3.05) is 13.1 Å². The van der Waals surface area contributed by atoms with Gasteiger partial charge in [0, 0.05) is 35.1 Å². The van der Waals surface area contributed by atoms with Crippen LogP contribution < -0.4 is 5.32 Å². The molecule has 1 N–H and O–H groups in total. The molecule has 1 aliphatic rings. The first-order valence-electron chi connectivity index (χ1n) is 8.00. The number of benzene rings is 1. The molecule has 0 atom stereocenters. The molecule has 5 nitrogen and oxygen atoms in total. The molecule has 1 aromatic heterocycles. The lowest BCUT2D eigenvalue weighted by Crippen LogP contribution is -2.46. The Kier molecular flexibility index (Phi) is 5.62. The standard InChI is InChI=1S/C18H17FIN3O2/c19-13-3-4-15(16(20)10-13)18(25)23-8-5-14(6-9-23)22-17(24)12-2-1-7-21-11-12/h1-4,7,10-11,14H,5-6,8-9H2,(H,22,24). The summed E-state index contributed by atoms with van der Waals surface area (Å²) in [4.78, 5) is 30.4. The van der Waals surface area contributed by atoms with Gasteiger partial charge in [0.15, 0.2) is 0 Å². The molecular formula is C18H17FIN3O2. The van der Waals surface area contributed by atoms with Crippen molar-refractivity contribution >= 4 is 34.4 Å². The van der Waals surface area contributed by atoms with E-state index in [0.29, 0.717) is 40.6 Å². The Hall–Kier alpha value is -2.03. The van der Waals surface area contributed by atoms with E-state index in [0.717, 1.165) is 0 Å². The second-order valence-electron chi connectivity index (χ2n) is 5.91. The monoisotopic (exact) mass is 453 g/mol. The fourth-order valence-electron chi connectivity index (χ4n) is 2.83. The summed E-state index contributed by atoms with van der Waals surface area (Å²) < 4.78 is 13.8. The number of rotatable bonds is 3. The fraction of sp³-hybridized carbons (Fsp3) is 0.278. The molecule has 130 valence electrons. The molecule has 2 amide bonds. The van der Waals surface area contributed by atoms with Gasteiger partial charge in [0.2, 0.25) is 0 Å². The Balaban J connectivity index is 1.56. The van der Waals surface area contributed by atoms with Crippen LogP contribution in [0.3, 0.4) is 0 Å². The van der Waals surface area contributed by atoms with E-state index in [1.165, 1.54) is 24.4 Å². The predicted octanol–water partition coefficient (Wildman–Crippen LogP) is 2.86. The van der Waals surface area contributed by atoms with Crippen LogP contribution in [0.4, 0.5) is 4.39 Å². The molecule has 1 aromatic carbocycles. The zero-order valence-corrected chi connectivity index (χ0v) is 15.6. The highest BCUT2D eigenvalue weighted by Gasteiger charge is 2.26. The van der Waals surface area contributed by atoms with Gasteiger partial charge >= 0.3 is 0 Å². The summed E-state index contributed by atoms with van der Waals surface area (Å²) in [6.07, 6.45) is 4.53. The molecule has 3 rings (SSSR count). The van der Waals surface area contributed by atoms with Gasteiger partial charge in [-0.05, 0) is 65.8 Å². The molecule has 1 saturated heterocycles. The maximum atomic E-state index is 13.2. The molecule has 0 bridgehead atoms. The topological polar surface area (TPSA) is 62.3 Å². The first-order valence-corrected chi connectivity index (χ1v) is 9.07. The van der Waals surface area contributed by atoms with Gasteiger partial charge < -0.3 is 10.2 Å². The predicted molar refractivity (Wildman–Crippen MR) is 99.7 cm³/mol. The Labute approximate surface area is 158 Å². The molecule has 1 fully saturated rings. The van der Waals surface area contributed by atoms with E-state index >= 15 is 0 Å². The van der Waals surface area contributed by atoms with Crippen LogP contribution in [0.2, 0.25) is 0 Å². The molecule has 2 heterocycles. The number of carbonyl (C=O) groups excluding carboxylic acids is 2. The number of aromatic nitrogens is 1. The van der Waals surface area contributed by atoms with Crippen LogP contribution in [0, 0.1) is 9.39 Å². The van der Waals surface area contributed by atoms with Crippen LogP contribution in [-0.4, -0.2) is 40.8 Å². The quantitative estimate of drug-likeness (QED) is 0.728. The number of pyridine rings is 1. The minimum absolute atomic E-state index is 0.0315. The first kappa shape index (κ1) is 17.8. The highest BCUT2D eigenvalue weighted by atomic mass is 127. The van der Waals surface area contributed by atoms with Crippen molar-refractivity contribution in [1.29, 1.82) is 0 Å². The van der Waals surface area contributed by atoms with Crippen LogP contribution in [0.15, 0.2) is 42.7 Å². The molecule has 0 spiro atoms. The van der Waals surface area contributed by atoms with Gasteiger partial charge in [0.1, 0.15) is 5.82 Å². The minimum atomic E-state index is -0.349. The van der Waals surface area contributed by atoms with Gasteiger partial charge in [-0.15, -0.1) is 0 Å². The number of nitrogens with one attached hydrogen (secondary N) is 1. The SMILES string of the molecule is O=C(NC1CCN(C(=O)c2ccc(F)cc2I)CC1)c1cccnc1. The third kappa shape index (κ3) is 4.33. The van der Waals surface area contributed by atoms with Gasteiger partial charge in [0.05, 0.1) is 11.1 Å². The lowest BCUT2D eigenvalue weighted by Gasteiger charge is -2.32. The Bertz CT molecular complexity index is 777. The van der Waals surface area contributed by atoms with Crippen molar-refractivity contribution in [3.05, 3.63) is 63.2 Å². The highest BCUT2D eigenvalue weighted by molar-refractivity contribution is 14.1. The molecule has 2 aromatic rings. The van der Waals surface area contributed by atoms with E-state index in [1.54, 1.807) is 23.2 Å². The van der Waals surface area contributed by atoms with E-state index in [-0.39, 0.29) is 23.7 Å². The average Bonchev–Trinajstić information content (AvgIpc) is 2.62. The lowest BCUT2D eigenvalue weighted by molar-refractivity contribution is 0.0697. The van der Waals surface area contributed by atoms with Crippen molar-refractivity contribution in [2.24, 2.45) is 0 Å². The minimum Gasteiger partial charge on any atom is -0.349 e. The normalized spacial score (nSPS) is 15.0. The van der Waals surface area contributed by atoms with E-state index in [9.17, 15) is 14.0 Å². The van der Waals surface area contributed by atoms with Crippen LogP contribution in [-0.2, 0) is 0 Å². The number of likely N-dealkylation sites (tertiary alicyclic amines) is 1. The molecular weight excluding hydrogens is 436 g/mol. The summed E-state index contributed by atoms with van der Waals surface area (Å²) in [6, 6.07) is 7.66. The molecule has 0 radical (unpaired) electrons. The number of carbonyl (C=O) groups is 2. The number of hydrogen-bond acceptors (Lipinski definition) is 3. The highest BCUT2D eigenvalue weighted by Crippen LogP contribution is 2.19. The van der Waals surface area contributed by atoms with E-state index in [2.05, 4.69) is 10.3 Å². The average molecular weight is 453 g/mol. The Morgan fingerprint density at radius 1 is 1.24 bits per heavy atom. The summed E-state index contributed by atoms with van der Waals surface area (Å²) in [7, 11) is 0. The van der Waals surface area contributed by atoms with Crippen LogP contribution >= 0.6 is 22.6 Å². The van der Waals surface area contributed by atoms with E-state index in [1.807, 2.05) is 22.6 Å². The summed E-state index contributed by atoms with van der Waals surface area (Å²) >= 11 is 1.97. The van der Waals surface area contributed by atoms with E-state index in [4.69, 9.17) is 0 Å². The van der Waals surface area contributed by atoms with Crippen LogP contribution in [0.5, 0.6) is 0 Å². The number of halogens is 2. The van der Waals surface area contributed by atoms with Gasteiger partial charge in [-0.1, -0.05) is 0 Å². The Morgan fingerprint density at radius 2 is 2.00 bits per heavy atom. The van der Waals surface area contributed by atoms with E-state index < -0.39 is 0 Å². The largest absolute Gasteiger partial charge is 0.349 e. The third-order valence-electron chi connectivity index (χ3n) is 4.20. The Morgan fingerprint density at radius 3 is 2.64 bits per heavy atom. The van der Waals surface area contributed by atoms with Crippen molar-refractivity contribution in [3.8, 4) is 0 Å². The van der Waals surface area contributed by atoms with Gasteiger partial charge in [-0.2, -0.15) is 0 Å². The maximum absolute atomic E-state index is 13.2. The molecule has 7 heteroatoms. The maximum Gasteiger partial charge on any atom is 0.254 e. The van der Waals surface area contributed by atoms with Crippen molar-refractivity contribution in [3.63, 3.8) is 0 Å². The second kappa shape index (κ2) is 7.90. The molecule has 0 saturated carbocycles. The van der Waals surface area contributed by atoms with Gasteiger partial charge in [-0.3, -0.25) is 14.6 Å². The summed E-state index contributed by atoms with van der Waals surface area (Å²) in [5, 5.41) is 2.99. The number of amides is 2. The van der Waals surface area contributed by atoms with Crippen LogP contribution in [0.1, 0.15) is 33.6 Å². The molecule has 0 unspecified atom stereocenters. The summed E-state index contributed by atoms with van der Waals surface area (Å²) in [6.45, 7) is 1.12. The number of nitrogens with zero attached hydrogens (tertiary/aromatic N) is 2. The molecule has 0 aliphatic carbocycles. The first-order chi connectivity index (χ1) is 12.0. The van der Waals surface area contributed by atoms with Gasteiger partial charge in [0.25, 0.3) is 11.8 Å². The van der Waals surface area contributed by atoms with Crippen molar-refractivity contribution in [1.82, 2.24) is 15.2 Å². The fourth-order valence-corrected chi connectivity index (χ4v) is 3.53. The summed E-state index contributed by atoms with van der Waals surface area (Å²) in [5.74, 6) is -0.592. The van der Waals surface area contributed by atoms with Crippen molar-refractivity contribution in [2.45, 2.75) is 18.9 Å². The lowest BCUT2D eigenvalue weighted by atomic mass is 10.0. The van der Waals surface area contributed by atoms with Crippen molar-refractivity contribution < 1.29 is 14.0 Å². The molecule has 1 aliphatic heterocycles. The smallest absolute Gasteiger partial charge is 0.254 e. The molecule has 25 heavy (non-hydrogen) atoms. The van der Waals surface area contributed by atoms with Gasteiger partial charge in [-0.25, -0.2) is 4.39 Å². The number of piperidine rings is 1. The summed E-state index contributed by atoms with van der Waals surface area (Å²) in [5.41, 5.74) is 1.04. The number of hydrogen-bond donors (Lipinski definition) is 1. The zero-order chi connectivity index (χ0) is 17.8. The second-order valence-corrected chi connectivity index (χ2v) is 7.07.